The third-order valence-electron chi connectivity index (χ3n) is 2.65. The van der Waals surface area contributed by atoms with Crippen LogP contribution in [0.1, 0.15) is 25.0 Å². The summed E-state index contributed by atoms with van der Waals surface area (Å²) in [6.07, 6.45) is -8.60. The maximum absolute atomic E-state index is 13.0. The smallest absolute Gasteiger partial charge is 0.427 e. The number of hydrogen-bond acceptors (Lipinski definition) is 3. The first-order valence-electron chi connectivity index (χ1n) is 5.82. The number of rotatable bonds is 5. The highest BCUT2D eigenvalue weighted by Crippen LogP contribution is 2.42. The fourth-order valence-electron chi connectivity index (χ4n) is 1.60. The number of methoxy groups -OCH3 is 1. The molecule has 0 amide bonds. The van der Waals surface area contributed by atoms with Gasteiger partial charge in [0.2, 0.25) is 0 Å². The van der Waals surface area contributed by atoms with Crippen molar-refractivity contribution in [2.45, 2.75) is 31.5 Å². The standard InChI is InChI=1S/C13H13F5O3/c1-8(19)21-10-5-3-9(4-6-10)11(20-2)7-12(14,15)13(16,17)18/h3-6,11H,7H2,1-2H3. The van der Waals surface area contributed by atoms with Crippen molar-refractivity contribution in [3.05, 3.63) is 29.8 Å². The van der Waals surface area contributed by atoms with Crippen molar-refractivity contribution < 1.29 is 36.2 Å². The first-order valence-corrected chi connectivity index (χ1v) is 5.82. The van der Waals surface area contributed by atoms with Crippen molar-refractivity contribution in [3.8, 4) is 5.75 Å². The summed E-state index contributed by atoms with van der Waals surface area (Å²) in [5.41, 5.74) is 0.123. The topological polar surface area (TPSA) is 35.5 Å². The lowest BCUT2D eigenvalue weighted by molar-refractivity contribution is -0.291. The second-order valence-corrected chi connectivity index (χ2v) is 4.29. The Balaban J connectivity index is 2.88. The average molecular weight is 312 g/mol. The Bertz CT molecular complexity index is 482. The van der Waals surface area contributed by atoms with Gasteiger partial charge in [-0.3, -0.25) is 4.79 Å². The van der Waals surface area contributed by atoms with Crippen molar-refractivity contribution in [3.63, 3.8) is 0 Å². The summed E-state index contributed by atoms with van der Waals surface area (Å²) < 4.78 is 72.1. The minimum absolute atomic E-state index is 0.123. The number of esters is 1. The lowest BCUT2D eigenvalue weighted by Crippen LogP contribution is -2.38. The monoisotopic (exact) mass is 312 g/mol. The summed E-state index contributed by atoms with van der Waals surface area (Å²) >= 11 is 0. The van der Waals surface area contributed by atoms with Crippen molar-refractivity contribution in [1.82, 2.24) is 0 Å². The number of ether oxygens (including phenoxy) is 2. The summed E-state index contributed by atoms with van der Waals surface area (Å²) in [5, 5.41) is 0. The molecule has 0 spiro atoms. The van der Waals surface area contributed by atoms with Gasteiger partial charge in [-0.05, 0) is 17.7 Å². The molecule has 0 saturated carbocycles. The molecule has 0 aromatic heterocycles. The van der Waals surface area contributed by atoms with Gasteiger partial charge in [0.05, 0.1) is 12.5 Å². The molecule has 0 bridgehead atoms. The average Bonchev–Trinajstić information content (AvgIpc) is 2.35. The van der Waals surface area contributed by atoms with E-state index in [0.29, 0.717) is 0 Å². The van der Waals surface area contributed by atoms with Gasteiger partial charge in [-0.1, -0.05) is 12.1 Å². The predicted molar refractivity (Wildman–Crippen MR) is 63.1 cm³/mol. The van der Waals surface area contributed by atoms with E-state index in [1.54, 1.807) is 0 Å². The van der Waals surface area contributed by atoms with Crippen LogP contribution in [0.5, 0.6) is 5.75 Å². The van der Waals surface area contributed by atoms with Crippen LogP contribution < -0.4 is 4.74 Å². The normalized spacial score (nSPS) is 13.9. The Kier molecular flexibility index (Phi) is 5.27. The summed E-state index contributed by atoms with van der Waals surface area (Å²) in [7, 11) is 1.04. The molecule has 3 nitrogen and oxygen atoms in total. The molecule has 1 aromatic carbocycles. The van der Waals surface area contributed by atoms with Crippen LogP contribution in [0.2, 0.25) is 0 Å². The fraction of sp³-hybridized carbons (Fsp3) is 0.462. The van der Waals surface area contributed by atoms with E-state index in [0.717, 1.165) is 7.11 Å². The van der Waals surface area contributed by atoms with E-state index in [1.807, 2.05) is 0 Å². The zero-order valence-corrected chi connectivity index (χ0v) is 11.2. The molecule has 0 radical (unpaired) electrons. The van der Waals surface area contributed by atoms with E-state index in [4.69, 9.17) is 9.47 Å². The molecule has 0 heterocycles. The molecule has 0 aliphatic carbocycles. The number of alkyl halides is 5. The van der Waals surface area contributed by atoms with Gasteiger partial charge >= 0.3 is 18.1 Å². The molecule has 0 N–H and O–H groups in total. The molecule has 1 atom stereocenters. The van der Waals surface area contributed by atoms with Gasteiger partial charge in [-0.15, -0.1) is 0 Å². The lowest BCUT2D eigenvalue weighted by atomic mass is 10.0. The first-order chi connectivity index (χ1) is 9.56. The van der Waals surface area contributed by atoms with Gasteiger partial charge in [-0.25, -0.2) is 0 Å². The molecular weight excluding hydrogens is 299 g/mol. The zero-order valence-electron chi connectivity index (χ0n) is 11.2. The highest BCUT2D eigenvalue weighted by molar-refractivity contribution is 5.69. The van der Waals surface area contributed by atoms with E-state index in [1.165, 1.54) is 31.2 Å². The van der Waals surface area contributed by atoms with Crippen LogP contribution in [0.15, 0.2) is 24.3 Å². The molecule has 1 unspecified atom stereocenters. The van der Waals surface area contributed by atoms with Gasteiger partial charge in [-0.2, -0.15) is 22.0 Å². The summed E-state index contributed by atoms with van der Waals surface area (Å²) in [6.45, 7) is 1.18. The van der Waals surface area contributed by atoms with Gasteiger partial charge in [0.15, 0.2) is 0 Å². The van der Waals surface area contributed by atoms with Gasteiger partial charge in [0.25, 0.3) is 0 Å². The highest BCUT2D eigenvalue weighted by atomic mass is 19.4. The predicted octanol–water partition coefficient (Wildman–Crippen LogP) is 3.89. The van der Waals surface area contributed by atoms with E-state index < -0.39 is 30.6 Å². The largest absolute Gasteiger partial charge is 0.453 e. The van der Waals surface area contributed by atoms with Crippen molar-refractivity contribution in [1.29, 1.82) is 0 Å². The summed E-state index contributed by atoms with van der Waals surface area (Å²) in [5.74, 6) is -5.28. The Morgan fingerprint density at radius 1 is 1.14 bits per heavy atom. The van der Waals surface area contributed by atoms with Crippen LogP contribution >= 0.6 is 0 Å². The van der Waals surface area contributed by atoms with Gasteiger partial charge < -0.3 is 9.47 Å². The molecule has 0 fully saturated rings. The zero-order chi connectivity index (χ0) is 16.3. The summed E-state index contributed by atoms with van der Waals surface area (Å²) in [6, 6.07) is 5.10. The second-order valence-electron chi connectivity index (χ2n) is 4.29. The highest BCUT2D eigenvalue weighted by Gasteiger charge is 2.58. The maximum atomic E-state index is 13.0. The van der Waals surface area contributed by atoms with Crippen LogP contribution in [0, 0.1) is 0 Å². The number of benzene rings is 1. The molecule has 0 aliphatic rings. The van der Waals surface area contributed by atoms with E-state index in [2.05, 4.69) is 0 Å². The maximum Gasteiger partial charge on any atom is 0.453 e. The van der Waals surface area contributed by atoms with E-state index >= 15 is 0 Å². The van der Waals surface area contributed by atoms with E-state index in [-0.39, 0.29) is 11.3 Å². The minimum Gasteiger partial charge on any atom is -0.427 e. The Morgan fingerprint density at radius 2 is 1.67 bits per heavy atom. The second kappa shape index (κ2) is 6.38. The minimum atomic E-state index is -5.64. The van der Waals surface area contributed by atoms with Crippen LogP contribution in [-0.2, 0) is 9.53 Å². The number of hydrogen-bond donors (Lipinski definition) is 0. The molecule has 118 valence electrons. The Hall–Kier alpha value is -1.70. The van der Waals surface area contributed by atoms with Crippen LogP contribution in [0.4, 0.5) is 22.0 Å². The number of carbonyl (C=O) groups excluding carboxylic acids is 1. The Labute approximate surface area is 117 Å². The van der Waals surface area contributed by atoms with Crippen molar-refractivity contribution >= 4 is 5.97 Å². The fourth-order valence-corrected chi connectivity index (χ4v) is 1.60. The third-order valence-corrected chi connectivity index (χ3v) is 2.65. The first kappa shape index (κ1) is 17.4. The van der Waals surface area contributed by atoms with Crippen molar-refractivity contribution in [2.75, 3.05) is 7.11 Å². The van der Waals surface area contributed by atoms with Crippen LogP contribution in [0.3, 0.4) is 0 Å². The summed E-state index contributed by atoms with van der Waals surface area (Å²) in [4.78, 5) is 10.7. The lowest BCUT2D eigenvalue weighted by Gasteiger charge is -2.24. The van der Waals surface area contributed by atoms with Crippen molar-refractivity contribution in [2.24, 2.45) is 0 Å². The number of halogens is 5. The molecule has 1 aromatic rings. The molecule has 21 heavy (non-hydrogen) atoms. The Morgan fingerprint density at radius 3 is 2.05 bits per heavy atom. The number of carbonyl (C=O) groups is 1. The molecule has 0 saturated heterocycles. The molecule has 1 rings (SSSR count). The van der Waals surface area contributed by atoms with E-state index in [9.17, 15) is 26.7 Å². The molecule has 0 aliphatic heterocycles. The van der Waals surface area contributed by atoms with Gasteiger partial charge in [0.1, 0.15) is 5.75 Å². The molecular formula is C13H13F5O3. The SMILES string of the molecule is COC(CC(F)(F)C(F)(F)F)c1ccc(OC(C)=O)cc1. The quantitative estimate of drug-likeness (QED) is 0.470. The molecule has 8 heteroatoms. The van der Waals surface area contributed by atoms with Crippen LogP contribution in [-0.4, -0.2) is 25.2 Å². The third kappa shape index (κ3) is 4.66. The van der Waals surface area contributed by atoms with Gasteiger partial charge in [0, 0.05) is 14.0 Å². The van der Waals surface area contributed by atoms with Crippen LogP contribution in [0.25, 0.3) is 0 Å².